The summed E-state index contributed by atoms with van der Waals surface area (Å²) in [6.07, 6.45) is 1.72. The molecular formula is C16H16BrNO. The summed E-state index contributed by atoms with van der Waals surface area (Å²) in [4.78, 5) is 0. The van der Waals surface area contributed by atoms with Crippen LogP contribution >= 0.6 is 15.9 Å². The molecule has 0 unspecified atom stereocenters. The molecule has 19 heavy (non-hydrogen) atoms. The average molecular weight is 318 g/mol. The zero-order valence-corrected chi connectivity index (χ0v) is 12.2. The predicted molar refractivity (Wildman–Crippen MR) is 81.4 cm³/mol. The number of aliphatic hydroxyl groups is 1. The number of benzene rings is 2. The van der Waals surface area contributed by atoms with Gasteiger partial charge < -0.3 is 10.4 Å². The van der Waals surface area contributed by atoms with Gasteiger partial charge in [-0.15, -0.1) is 0 Å². The Morgan fingerprint density at radius 2 is 1.58 bits per heavy atom. The normalized spacial score (nSPS) is 16.1. The van der Waals surface area contributed by atoms with Crippen LogP contribution in [0.4, 0.5) is 5.69 Å². The first-order chi connectivity index (χ1) is 9.22. The van der Waals surface area contributed by atoms with Crippen molar-refractivity contribution in [2.45, 2.75) is 18.4 Å². The second-order valence-corrected chi connectivity index (χ2v) is 6.02. The highest BCUT2D eigenvalue weighted by atomic mass is 79.9. The van der Waals surface area contributed by atoms with Gasteiger partial charge in [-0.05, 0) is 52.0 Å². The zero-order valence-electron chi connectivity index (χ0n) is 10.6. The molecule has 0 radical (unpaired) electrons. The number of hydrogen-bond donors (Lipinski definition) is 2. The molecule has 0 spiro atoms. The fourth-order valence-electron chi connectivity index (χ4n) is 2.78. The Bertz CT molecular complexity index is 572. The number of nitrogens with one attached hydrogen (secondary N) is 1. The van der Waals surface area contributed by atoms with Crippen molar-refractivity contribution in [1.82, 2.24) is 0 Å². The molecule has 1 aliphatic carbocycles. The molecule has 0 saturated heterocycles. The lowest BCUT2D eigenvalue weighted by molar-refractivity contribution is 0.216. The van der Waals surface area contributed by atoms with E-state index in [2.05, 4.69) is 45.5 Å². The summed E-state index contributed by atoms with van der Waals surface area (Å²) in [6, 6.07) is 16.4. The van der Waals surface area contributed by atoms with E-state index in [1.165, 1.54) is 11.1 Å². The van der Waals surface area contributed by atoms with Crippen LogP contribution in [0.5, 0.6) is 0 Å². The van der Waals surface area contributed by atoms with Gasteiger partial charge >= 0.3 is 0 Å². The lowest BCUT2D eigenvalue weighted by atomic mass is 9.96. The second-order valence-electron chi connectivity index (χ2n) is 5.17. The minimum absolute atomic E-state index is 0.128. The van der Waals surface area contributed by atoms with Crippen LogP contribution in [-0.4, -0.2) is 17.3 Å². The van der Waals surface area contributed by atoms with Crippen molar-refractivity contribution in [3.63, 3.8) is 0 Å². The average Bonchev–Trinajstić information content (AvgIpc) is 2.80. The number of hydrogen-bond acceptors (Lipinski definition) is 2. The Kier molecular flexibility index (Phi) is 3.33. The van der Waals surface area contributed by atoms with Crippen molar-refractivity contribution in [2.75, 3.05) is 11.9 Å². The Labute approximate surface area is 121 Å². The van der Waals surface area contributed by atoms with Gasteiger partial charge in [-0.1, -0.05) is 36.4 Å². The minimum Gasteiger partial charge on any atom is -0.394 e. The van der Waals surface area contributed by atoms with Crippen LogP contribution < -0.4 is 5.32 Å². The molecule has 2 nitrogen and oxygen atoms in total. The van der Waals surface area contributed by atoms with Gasteiger partial charge in [-0.25, -0.2) is 0 Å². The van der Waals surface area contributed by atoms with Crippen LogP contribution in [0.3, 0.4) is 0 Å². The first-order valence-electron chi connectivity index (χ1n) is 6.43. The topological polar surface area (TPSA) is 32.3 Å². The summed E-state index contributed by atoms with van der Waals surface area (Å²) >= 11 is 3.55. The van der Waals surface area contributed by atoms with Crippen LogP contribution in [0, 0.1) is 0 Å². The summed E-state index contributed by atoms with van der Waals surface area (Å²) in [5.41, 5.74) is 3.41. The van der Waals surface area contributed by atoms with E-state index in [1.807, 2.05) is 24.3 Å². The maximum atomic E-state index is 9.86. The molecule has 1 aliphatic rings. The first-order valence-corrected chi connectivity index (χ1v) is 7.22. The fourth-order valence-corrected chi connectivity index (χ4v) is 3.17. The van der Waals surface area contributed by atoms with Gasteiger partial charge in [0, 0.05) is 10.2 Å². The monoisotopic (exact) mass is 317 g/mol. The van der Waals surface area contributed by atoms with E-state index in [9.17, 15) is 5.11 Å². The lowest BCUT2D eigenvalue weighted by Crippen LogP contribution is -2.43. The number of para-hydroxylation sites is 1. The Morgan fingerprint density at radius 1 is 1.00 bits per heavy atom. The molecule has 2 N–H and O–H groups in total. The maximum absolute atomic E-state index is 9.86. The number of anilines is 1. The van der Waals surface area contributed by atoms with Gasteiger partial charge in [0.2, 0.25) is 0 Å². The van der Waals surface area contributed by atoms with Crippen LogP contribution in [0.2, 0.25) is 0 Å². The summed E-state index contributed by atoms with van der Waals surface area (Å²) in [5.74, 6) is 0. The second kappa shape index (κ2) is 4.99. The van der Waals surface area contributed by atoms with Crippen LogP contribution in [-0.2, 0) is 12.8 Å². The molecule has 0 aromatic heterocycles. The molecule has 2 aromatic carbocycles. The fraction of sp³-hybridized carbons (Fsp3) is 0.250. The van der Waals surface area contributed by atoms with Crippen molar-refractivity contribution in [1.29, 1.82) is 0 Å². The molecule has 0 bridgehead atoms. The van der Waals surface area contributed by atoms with E-state index in [0.29, 0.717) is 0 Å². The summed E-state index contributed by atoms with van der Waals surface area (Å²) < 4.78 is 1.03. The SMILES string of the molecule is OCC1(Nc2ccccc2Br)Cc2ccccc2C1. The maximum Gasteiger partial charge on any atom is 0.0684 e. The van der Waals surface area contributed by atoms with E-state index >= 15 is 0 Å². The van der Waals surface area contributed by atoms with Crippen molar-refractivity contribution in [3.05, 3.63) is 64.1 Å². The number of rotatable bonds is 3. The molecule has 0 heterocycles. The molecule has 98 valence electrons. The quantitative estimate of drug-likeness (QED) is 0.909. The van der Waals surface area contributed by atoms with Gasteiger partial charge in [0.05, 0.1) is 12.1 Å². The highest BCUT2D eigenvalue weighted by molar-refractivity contribution is 9.10. The highest BCUT2D eigenvalue weighted by Crippen LogP contribution is 2.34. The zero-order chi connectivity index (χ0) is 13.3. The first kappa shape index (κ1) is 12.7. The standard InChI is InChI=1S/C16H16BrNO/c17-14-7-3-4-8-15(14)18-16(11-19)9-12-5-1-2-6-13(12)10-16/h1-8,18-19H,9-11H2. The molecular weight excluding hydrogens is 302 g/mol. The lowest BCUT2D eigenvalue weighted by Gasteiger charge is -2.30. The molecule has 0 saturated carbocycles. The third-order valence-electron chi connectivity index (χ3n) is 3.75. The summed E-state index contributed by atoms with van der Waals surface area (Å²) in [6.45, 7) is 0.128. The Hall–Kier alpha value is -1.32. The molecule has 0 aliphatic heterocycles. The van der Waals surface area contributed by atoms with Crippen LogP contribution in [0.25, 0.3) is 0 Å². The molecule has 3 rings (SSSR count). The van der Waals surface area contributed by atoms with Crippen molar-refractivity contribution < 1.29 is 5.11 Å². The Morgan fingerprint density at radius 3 is 2.16 bits per heavy atom. The summed E-state index contributed by atoms with van der Waals surface area (Å²) in [7, 11) is 0. The van der Waals surface area contributed by atoms with E-state index < -0.39 is 0 Å². The van der Waals surface area contributed by atoms with Crippen LogP contribution in [0.1, 0.15) is 11.1 Å². The van der Waals surface area contributed by atoms with Crippen molar-refractivity contribution in [3.8, 4) is 0 Å². The van der Waals surface area contributed by atoms with Gasteiger partial charge in [-0.3, -0.25) is 0 Å². The van der Waals surface area contributed by atoms with E-state index in [4.69, 9.17) is 0 Å². The van der Waals surface area contributed by atoms with Crippen LogP contribution in [0.15, 0.2) is 53.0 Å². The largest absolute Gasteiger partial charge is 0.394 e. The summed E-state index contributed by atoms with van der Waals surface area (Å²) in [5, 5.41) is 13.4. The smallest absolute Gasteiger partial charge is 0.0684 e. The van der Waals surface area contributed by atoms with E-state index in [0.717, 1.165) is 23.0 Å². The molecule has 0 amide bonds. The Balaban J connectivity index is 1.89. The predicted octanol–water partition coefficient (Wildman–Crippen LogP) is 3.39. The molecule has 3 heteroatoms. The van der Waals surface area contributed by atoms with Gasteiger partial charge in [0.15, 0.2) is 0 Å². The van der Waals surface area contributed by atoms with Gasteiger partial charge in [0.1, 0.15) is 0 Å². The molecule has 0 fully saturated rings. The van der Waals surface area contributed by atoms with E-state index in [-0.39, 0.29) is 12.1 Å². The van der Waals surface area contributed by atoms with Crippen molar-refractivity contribution >= 4 is 21.6 Å². The number of aliphatic hydroxyl groups excluding tert-OH is 1. The number of halogens is 1. The highest BCUT2D eigenvalue weighted by Gasteiger charge is 2.36. The van der Waals surface area contributed by atoms with Gasteiger partial charge in [-0.2, -0.15) is 0 Å². The molecule has 2 aromatic rings. The van der Waals surface area contributed by atoms with E-state index in [1.54, 1.807) is 0 Å². The molecule has 0 atom stereocenters. The number of fused-ring (bicyclic) bond motifs is 1. The minimum atomic E-state index is -0.284. The van der Waals surface area contributed by atoms with Gasteiger partial charge in [0.25, 0.3) is 0 Å². The third-order valence-corrected chi connectivity index (χ3v) is 4.44. The third kappa shape index (κ3) is 2.40. The van der Waals surface area contributed by atoms with Crippen molar-refractivity contribution in [2.24, 2.45) is 0 Å².